The average molecular weight is 635 g/mol. The van der Waals surface area contributed by atoms with E-state index in [1.807, 2.05) is 80.5 Å². The number of nitrogens with one attached hydrogen (secondary N) is 2. The zero-order valence-corrected chi connectivity index (χ0v) is 26.9. The number of likely N-dealkylation sites (tertiary alicyclic amines) is 1. The first kappa shape index (κ1) is 31.5. The van der Waals surface area contributed by atoms with Crippen LogP contribution in [0.5, 0.6) is 17.2 Å². The molecule has 0 aliphatic carbocycles. The van der Waals surface area contributed by atoms with E-state index in [9.17, 15) is 14.4 Å². The molecule has 0 saturated carbocycles. The first-order chi connectivity index (χ1) is 22.7. The maximum absolute atomic E-state index is 13.8. The lowest BCUT2D eigenvalue weighted by atomic mass is 9.97. The van der Waals surface area contributed by atoms with Gasteiger partial charge in [0, 0.05) is 44.0 Å². The molecule has 1 fully saturated rings. The summed E-state index contributed by atoms with van der Waals surface area (Å²) < 4.78 is 18.0. The molecule has 10 nitrogen and oxygen atoms in total. The lowest BCUT2D eigenvalue weighted by Gasteiger charge is -2.23. The van der Waals surface area contributed by atoms with Crippen molar-refractivity contribution in [2.24, 2.45) is 0 Å². The summed E-state index contributed by atoms with van der Waals surface area (Å²) in [7, 11) is 5.40. The van der Waals surface area contributed by atoms with Crippen LogP contribution in [0.25, 0.3) is 11.1 Å². The van der Waals surface area contributed by atoms with E-state index >= 15 is 0 Å². The van der Waals surface area contributed by atoms with Gasteiger partial charge in [0.2, 0.25) is 0 Å². The van der Waals surface area contributed by atoms with Crippen LogP contribution in [0.15, 0.2) is 84.9 Å². The molecule has 3 aliphatic rings. The predicted octanol–water partition coefficient (Wildman–Crippen LogP) is 4.45. The van der Waals surface area contributed by atoms with Crippen LogP contribution in [-0.4, -0.2) is 75.7 Å². The molecule has 0 aromatic heterocycles. The molecule has 6 bridgehead atoms. The highest BCUT2D eigenvalue weighted by Crippen LogP contribution is 2.32. The van der Waals surface area contributed by atoms with Gasteiger partial charge in [0.15, 0.2) is 18.1 Å². The molecule has 0 spiro atoms. The average Bonchev–Trinajstić information content (AvgIpc) is 3.47. The summed E-state index contributed by atoms with van der Waals surface area (Å²) in [6.45, 7) is 2.60. The van der Waals surface area contributed by atoms with E-state index in [4.69, 9.17) is 14.2 Å². The predicted molar refractivity (Wildman–Crippen MR) is 179 cm³/mol. The minimum absolute atomic E-state index is 0.151. The number of amides is 3. The summed E-state index contributed by atoms with van der Waals surface area (Å²) in [6.07, 6.45) is -0.566. The normalized spacial score (nSPS) is 17.8. The van der Waals surface area contributed by atoms with Crippen molar-refractivity contribution >= 4 is 23.4 Å². The van der Waals surface area contributed by atoms with Gasteiger partial charge in [0.25, 0.3) is 17.7 Å². The third-order valence-electron chi connectivity index (χ3n) is 8.49. The number of carbonyl (C=O) groups excluding carboxylic acids is 3. The van der Waals surface area contributed by atoms with E-state index in [0.29, 0.717) is 28.4 Å². The Hall–Kier alpha value is -5.51. The maximum Gasteiger partial charge on any atom is 0.258 e. The van der Waals surface area contributed by atoms with Gasteiger partial charge in [0.05, 0.1) is 19.7 Å². The molecule has 3 heterocycles. The number of nitrogens with zero attached hydrogens (tertiary/aromatic N) is 2. The van der Waals surface area contributed by atoms with E-state index in [2.05, 4.69) is 10.6 Å². The fourth-order valence-electron chi connectivity index (χ4n) is 5.86. The summed E-state index contributed by atoms with van der Waals surface area (Å²) in [5, 5.41) is 6.04. The molecule has 3 aliphatic heterocycles. The Bertz CT molecular complexity index is 1820. The molecule has 242 valence electrons. The molecule has 4 aromatic rings. The number of aryl methyl sites for hydroxylation is 1. The van der Waals surface area contributed by atoms with Crippen molar-refractivity contribution < 1.29 is 28.6 Å². The van der Waals surface area contributed by atoms with Crippen molar-refractivity contribution in [3.8, 4) is 28.4 Å². The molecule has 47 heavy (non-hydrogen) atoms. The SMILES string of the molecule is COc1cc2ccc1O[C@H]1CN(C(=O)c3cccc(N(C)C)c3)C[C@@H]1NC(=O)c1ccc(C)c(c1)-c1cccc(c1)OCC(=O)NC2. The third kappa shape index (κ3) is 7.01. The quantitative estimate of drug-likeness (QED) is 0.343. The number of ether oxygens (including phenoxy) is 3. The van der Waals surface area contributed by atoms with E-state index < -0.39 is 12.1 Å². The first-order valence-corrected chi connectivity index (χ1v) is 15.5. The molecule has 1 saturated heterocycles. The molecule has 10 heteroatoms. The molecule has 0 unspecified atom stereocenters. The minimum Gasteiger partial charge on any atom is -0.493 e. The van der Waals surface area contributed by atoms with E-state index in [1.54, 1.807) is 42.3 Å². The van der Waals surface area contributed by atoms with E-state index in [-0.39, 0.29) is 44.0 Å². The third-order valence-corrected chi connectivity index (χ3v) is 8.49. The highest BCUT2D eigenvalue weighted by molar-refractivity contribution is 5.97. The van der Waals surface area contributed by atoms with Crippen LogP contribution >= 0.6 is 0 Å². The van der Waals surface area contributed by atoms with Gasteiger partial charge >= 0.3 is 0 Å². The Kier molecular flexibility index (Phi) is 9.01. The van der Waals surface area contributed by atoms with Gasteiger partial charge in [-0.3, -0.25) is 14.4 Å². The number of hydrogen-bond acceptors (Lipinski definition) is 7. The fourth-order valence-corrected chi connectivity index (χ4v) is 5.86. The Morgan fingerprint density at radius 2 is 1.77 bits per heavy atom. The fraction of sp³-hybridized carbons (Fsp3) is 0.270. The topological polar surface area (TPSA) is 109 Å². The zero-order valence-electron chi connectivity index (χ0n) is 26.9. The van der Waals surface area contributed by atoms with Gasteiger partial charge < -0.3 is 34.6 Å². The Morgan fingerprint density at radius 1 is 0.936 bits per heavy atom. The lowest BCUT2D eigenvalue weighted by Crippen LogP contribution is -2.45. The monoisotopic (exact) mass is 634 g/mol. The van der Waals surface area contributed by atoms with Crippen LogP contribution < -0.4 is 29.7 Å². The molecular formula is C37H38N4O6. The Morgan fingerprint density at radius 3 is 2.57 bits per heavy atom. The first-order valence-electron chi connectivity index (χ1n) is 15.5. The Labute approximate surface area is 274 Å². The highest BCUT2D eigenvalue weighted by Gasteiger charge is 2.39. The second-order valence-corrected chi connectivity index (χ2v) is 12.0. The van der Waals surface area contributed by atoms with Crippen LogP contribution in [-0.2, 0) is 11.3 Å². The smallest absolute Gasteiger partial charge is 0.258 e. The van der Waals surface area contributed by atoms with E-state index in [0.717, 1.165) is 27.9 Å². The van der Waals surface area contributed by atoms with Gasteiger partial charge in [0.1, 0.15) is 11.9 Å². The van der Waals surface area contributed by atoms with Gasteiger partial charge in [-0.25, -0.2) is 0 Å². The van der Waals surface area contributed by atoms with Crippen LogP contribution in [0.3, 0.4) is 0 Å². The number of methoxy groups -OCH3 is 1. The molecule has 2 N–H and O–H groups in total. The van der Waals surface area contributed by atoms with Crippen LogP contribution in [0.2, 0.25) is 0 Å². The second-order valence-electron chi connectivity index (χ2n) is 12.0. The Balaban J connectivity index is 1.36. The standard InChI is InChI=1S/C37H38N4O6/c1-23-11-13-26-18-30(23)25-7-6-10-29(17-25)46-22-35(42)38-19-24-12-14-32(33(15-24)45-4)47-34-21-41(20-31(34)39-36(26)43)37(44)27-8-5-9-28(16-27)40(2)3/h5-18,31,34H,19-22H2,1-4H3,(H,38,42)(H,39,43)/t31-,34-/m0/s1. The van der Waals surface area contributed by atoms with Crippen LogP contribution in [0, 0.1) is 6.92 Å². The summed E-state index contributed by atoms with van der Waals surface area (Å²) in [5.41, 5.74) is 5.44. The molecule has 0 radical (unpaired) electrons. The molecule has 2 atom stereocenters. The van der Waals surface area contributed by atoms with E-state index in [1.165, 1.54) is 0 Å². The van der Waals surface area contributed by atoms with Crippen molar-refractivity contribution in [1.82, 2.24) is 15.5 Å². The largest absolute Gasteiger partial charge is 0.493 e. The molecule has 3 amide bonds. The number of hydrogen-bond donors (Lipinski definition) is 2. The van der Waals surface area contributed by atoms with Crippen molar-refractivity contribution in [2.45, 2.75) is 25.6 Å². The van der Waals surface area contributed by atoms with Crippen molar-refractivity contribution in [3.63, 3.8) is 0 Å². The maximum atomic E-state index is 13.8. The number of benzene rings is 4. The number of fused-ring (bicyclic) bond motifs is 7. The highest BCUT2D eigenvalue weighted by atomic mass is 16.5. The second kappa shape index (κ2) is 13.5. The summed E-state index contributed by atoms with van der Waals surface area (Å²) in [6, 6.07) is 25.3. The summed E-state index contributed by atoms with van der Waals surface area (Å²) in [5.74, 6) is 0.769. The number of rotatable bonds is 3. The van der Waals surface area contributed by atoms with Gasteiger partial charge in [-0.15, -0.1) is 0 Å². The summed E-state index contributed by atoms with van der Waals surface area (Å²) >= 11 is 0. The zero-order chi connectivity index (χ0) is 33.1. The van der Waals surface area contributed by atoms with Crippen molar-refractivity contribution in [2.75, 3.05) is 45.8 Å². The molecule has 4 aromatic carbocycles. The van der Waals surface area contributed by atoms with Gasteiger partial charge in [-0.1, -0.05) is 30.3 Å². The molecular weight excluding hydrogens is 596 g/mol. The van der Waals surface area contributed by atoms with Crippen LogP contribution in [0.4, 0.5) is 5.69 Å². The van der Waals surface area contributed by atoms with Gasteiger partial charge in [-0.2, -0.15) is 0 Å². The minimum atomic E-state index is -0.566. The number of carbonyl (C=O) groups is 3. The van der Waals surface area contributed by atoms with Crippen LogP contribution in [0.1, 0.15) is 31.8 Å². The lowest BCUT2D eigenvalue weighted by molar-refractivity contribution is -0.123. The van der Waals surface area contributed by atoms with Gasteiger partial charge in [-0.05, 0) is 83.8 Å². The number of anilines is 1. The summed E-state index contributed by atoms with van der Waals surface area (Å²) in [4.78, 5) is 43.9. The van der Waals surface area contributed by atoms with Crippen molar-refractivity contribution in [3.05, 3.63) is 107 Å². The van der Waals surface area contributed by atoms with Crippen molar-refractivity contribution in [1.29, 1.82) is 0 Å². The molecule has 7 rings (SSSR count).